The molecule has 3 aromatic rings. The number of nitrogens with one attached hydrogen (secondary N) is 1. The molecule has 0 radical (unpaired) electrons. The second kappa shape index (κ2) is 6.17. The zero-order valence-electron chi connectivity index (χ0n) is 13.2. The van der Waals surface area contributed by atoms with Crippen molar-refractivity contribution in [2.45, 2.75) is 25.3 Å². The molecule has 124 valence electrons. The Hall–Kier alpha value is -2.53. The lowest BCUT2D eigenvalue weighted by Gasteiger charge is -2.08. The SMILES string of the molecule is O=c1c2ccc(O)cc2oc2cc(OCCCNC3CC3)ccc12. The first-order chi connectivity index (χ1) is 11.7. The molecular formula is C19H19NO4. The van der Waals surface area contributed by atoms with Crippen molar-refractivity contribution in [2.24, 2.45) is 0 Å². The van der Waals surface area contributed by atoms with Crippen LogP contribution in [-0.2, 0) is 0 Å². The lowest BCUT2D eigenvalue weighted by molar-refractivity contribution is 0.308. The van der Waals surface area contributed by atoms with Crippen molar-refractivity contribution in [3.05, 3.63) is 46.6 Å². The van der Waals surface area contributed by atoms with Gasteiger partial charge in [-0.1, -0.05) is 0 Å². The Kier molecular flexibility index (Phi) is 3.86. The van der Waals surface area contributed by atoms with E-state index in [1.165, 1.54) is 25.0 Å². The molecule has 24 heavy (non-hydrogen) atoms. The van der Waals surface area contributed by atoms with Gasteiger partial charge in [-0.15, -0.1) is 0 Å². The van der Waals surface area contributed by atoms with Crippen LogP contribution in [0.1, 0.15) is 19.3 Å². The summed E-state index contributed by atoms with van der Waals surface area (Å²) in [5.74, 6) is 0.747. The quantitative estimate of drug-likeness (QED) is 0.538. The molecule has 0 amide bonds. The molecule has 1 aromatic heterocycles. The summed E-state index contributed by atoms with van der Waals surface area (Å²) in [5.41, 5.74) is 0.733. The normalized spacial score (nSPS) is 14.3. The third kappa shape index (κ3) is 3.08. The molecule has 1 aliphatic carbocycles. The van der Waals surface area contributed by atoms with Gasteiger partial charge in [0.1, 0.15) is 22.7 Å². The van der Waals surface area contributed by atoms with Crippen LogP contribution < -0.4 is 15.5 Å². The van der Waals surface area contributed by atoms with Crippen LogP contribution in [0.25, 0.3) is 21.9 Å². The highest BCUT2D eigenvalue weighted by Gasteiger charge is 2.19. The maximum Gasteiger partial charge on any atom is 0.200 e. The lowest BCUT2D eigenvalue weighted by Crippen LogP contribution is -2.19. The highest BCUT2D eigenvalue weighted by atomic mass is 16.5. The predicted molar refractivity (Wildman–Crippen MR) is 92.8 cm³/mol. The third-order valence-electron chi connectivity index (χ3n) is 4.23. The van der Waals surface area contributed by atoms with Gasteiger partial charge in [-0.05, 0) is 50.1 Å². The smallest absolute Gasteiger partial charge is 0.200 e. The van der Waals surface area contributed by atoms with Gasteiger partial charge in [-0.3, -0.25) is 4.79 Å². The van der Waals surface area contributed by atoms with Crippen LogP contribution >= 0.6 is 0 Å². The average Bonchev–Trinajstić information content (AvgIpc) is 3.38. The number of ether oxygens (including phenoxy) is 1. The van der Waals surface area contributed by atoms with Crippen LogP contribution in [0, 0.1) is 0 Å². The van der Waals surface area contributed by atoms with Crippen LogP contribution in [0.3, 0.4) is 0 Å². The Morgan fingerprint density at radius 3 is 2.67 bits per heavy atom. The van der Waals surface area contributed by atoms with Gasteiger partial charge in [0.05, 0.1) is 17.4 Å². The van der Waals surface area contributed by atoms with Crippen LogP contribution in [0.2, 0.25) is 0 Å². The summed E-state index contributed by atoms with van der Waals surface area (Å²) in [6.07, 6.45) is 3.51. The molecule has 2 aromatic carbocycles. The Bertz CT molecular complexity index is 943. The van der Waals surface area contributed by atoms with E-state index in [2.05, 4.69) is 5.32 Å². The van der Waals surface area contributed by atoms with Gasteiger partial charge >= 0.3 is 0 Å². The fourth-order valence-corrected chi connectivity index (χ4v) is 2.77. The number of rotatable bonds is 6. The first kappa shape index (κ1) is 15.0. The molecule has 4 rings (SSSR count). The summed E-state index contributed by atoms with van der Waals surface area (Å²) >= 11 is 0. The average molecular weight is 325 g/mol. The summed E-state index contributed by atoms with van der Waals surface area (Å²) in [4.78, 5) is 12.5. The van der Waals surface area contributed by atoms with E-state index >= 15 is 0 Å². The molecule has 5 heteroatoms. The maximum atomic E-state index is 12.5. The molecule has 1 fully saturated rings. The molecule has 1 saturated carbocycles. The van der Waals surface area contributed by atoms with Crippen molar-refractivity contribution in [3.63, 3.8) is 0 Å². The van der Waals surface area contributed by atoms with Gasteiger partial charge in [0.25, 0.3) is 0 Å². The number of benzene rings is 2. The van der Waals surface area contributed by atoms with E-state index in [1.54, 1.807) is 24.3 Å². The molecular weight excluding hydrogens is 306 g/mol. The maximum absolute atomic E-state index is 12.5. The van der Waals surface area contributed by atoms with E-state index in [9.17, 15) is 9.90 Å². The Morgan fingerprint density at radius 1 is 1.12 bits per heavy atom. The lowest BCUT2D eigenvalue weighted by atomic mass is 10.1. The number of hydrogen-bond acceptors (Lipinski definition) is 5. The van der Waals surface area contributed by atoms with Gasteiger partial charge in [-0.25, -0.2) is 0 Å². The van der Waals surface area contributed by atoms with Crippen molar-refractivity contribution in [1.82, 2.24) is 5.32 Å². The highest BCUT2D eigenvalue weighted by Crippen LogP contribution is 2.25. The molecule has 0 saturated heterocycles. The molecule has 0 atom stereocenters. The molecule has 2 N–H and O–H groups in total. The van der Waals surface area contributed by atoms with Crippen LogP contribution in [0.4, 0.5) is 0 Å². The van der Waals surface area contributed by atoms with Gasteiger partial charge < -0.3 is 19.6 Å². The van der Waals surface area contributed by atoms with Crippen LogP contribution in [-0.4, -0.2) is 24.3 Å². The van der Waals surface area contributed by atoms with E-state index in [1.807, 2.05) is 0 Å². The predicted octanol–water partition coefficient (Wildman–Crippen LogP) is 3.17. The zero-order chi connectivity index (χ0) is 16.5. The van der Waals surface area contributed by atoms with E-state index in [0.717, 1.165) is 13.0 Å². The van der Waals surface area contributed by atoms with Gasteiger partial charge in [-0.2, -0.15) is 0 Å². The molecule has 0 unspecified atom stereocenters. The molecule has 5 nitrogen and oxygen atoms in total. The van der Waals surface area contributed by atoms with Crippen LogP contribution in [0.5, 0.6) is 11.5 Å². The summed E-state index contributed by atoms with van der Waals surface area (Å²) in [6.45, 7) is 1.57. The highest BCUT2D eigenvalue weighted by molar-refractivity contribution is 5.90. The molecule has 0 spiro atoms. The summed E-state index contributed by atoms with van der Waals surface area (Å²) in [5, 5.41) is 14.0. The molecule has 0 aliphatic heterocycles. The Morgan fingerprint density at radius 2 is 1.88 bits per heavy atom. The van der Waals surface area contributed by atoms with E-state index in [0.29, 0.717) is 40.3 Å². The van der Waals surface area contributed by atoms with Crippen molar-refractivity contribution in [1.29, 1.82) is 0 Å². The largest absolute Gasteiger partial charge is 0.508 e. The minimum Gasteiger partial charge on any atom is -0.508 e. The van der Waals surface area contributed by atoms with Gasteiger partial charge in [0.2, 0.25) is 5.43 Å². The summed E-state index contributed by atoms with van der Waals surface area (Å²) in [6, 6.07) is 10.5. The van der Waals surface area contributed by atoms with Gasteiger partial charge in [0.15, 0.2) is 0 Å². The first-order valence-electron chi connectivity index (χ1n) is 8.26. The Labute approximate surface area is 138 Å². The Balaban J connectivity index is 1.55. The minimum atomic E-state index is -0.105. The minimum absolute atomic E-state index is 0.0700. The van der Waals surface area contributed by atoms with Crippen molar-refractivity contribution < 1.29 is 14.3 Å². The number of fused-ring (bicyclic) bond motifs is 2. The van der Waals surface area contributed by atoms with Crippen molar-refractivity contribution in [3.8, 4) is 11.5 Å². The number of phenols is 1. The summed E-state index contributed by atoms with van der Waals surface area (Å²) in [7, 11) is 0. The number of aromatic hydroxyl groups is 1. The topological polar surface area (TPSA) is 71.7 Å². The summed E-state index contributed by atoms with van der Waals surface area (Å²) < 4.78 is 11.5. The second-order valence-corrected chi connectivity index (χ2v) is 6.20. The molecule has 1 aliphatic rings. The first-order valence-corrected chi connectivity index (χ1v) is 8.26. The van der Waals surface area contributed by atoms with E-state index in [-0.39, 0.29) is 11.2 Å². The molecule has 0 bridgehead atoms. The van der Waals surface area contributed by atoms with E-state index in [4.69, 9.17) is 9.15 Å². The van der Waals surface area contributed by atoms with Crippen molar-refractivity contribution in [2.75, 3.05) is 13.2 Å². The van der Waals surface area contributed by atoms with Crippen molar-refractivity contribution >= 4 is 21.9 Å². The van der Waals surface area contributed by atoms with E-state index < -0.39 is 0 Å². The van der Waals surface area contributed by atoms with Crippen LogP contribution in [0.15, 0.2) is 45.6 Å². The fraction of sp³-hybridized carbons (Fsp3) is 0.316. The molecule has 1 heterocycles. The standard InChI is InChI=1S/C19H19NO4/c21-13-4-6-15-17(10-13)24-18-11-14(5-7-16(18)19(15)22)23-9-1-8-20-12-2-3-12/h4-7,10-12,20-21H,1-3,8-9H2. The number of hydrogen-bond donors (Lipinski definition) is 2. The van der Waals surface area contributed by atoms with Gasteiger partial charge in [0, 0.05) is 18.2 Å². The number of phenolic OH excluding ortho intramolecular Hbond substituents is 1. The fourth-order valence-electron chi connectivity index (χ4n) is 2.77. The second-order valence-electron chi connectivity index (χ2n) is 6.20. The monoisotopic (exact) mass is 325 g/mol. The third-order valence-corrected chi connectivity index (χ3v) is 4.23. The zero-order valence-corrected chi connectivity index (χ0v) is 13.2.